The summed E-state index contributed by atoms with van der Waals surface area (Å²) in [6.45, 7) is 6.21. The lowest BCUT2D eigenvalue weighted by atomic mass is 9.96. The molecule has 2 N–H and O–H groups in total. The van der Waals surface area contributed by atoms with Gasteiger partial charge in [0.05, 0.1) is 0 Å². The number of anilines is 1. The van der Waals surface area contributed by atoms with Gasteiger partial charge in [0.2, 0.25) is 0 Å². The van der Waals surface area contributed by atoms with Crippen molar-refractivity contribution < 1.29 is 4.79 Å². The van der Waals surface area contributed by atoms with Crippen LogP contribution < -0.4 is 5.73 Å². The fourth-order valence-corrected chi connectivity index (χ4v) is 2.78. The molecule has 1 heterocycles. The first kappa shape index (κ1) is 12.9. The molecule has 3 nitrogen and oxygen atoms in total. The molecule has 0 aliphatic carbocycles. The van der Waals surface area contributed by atoms with Crippen molar-refractivity contribution in [3.05, 3.63) is 29.3 Å². The van der Waals surface area contributed by atoms with Gasteiger partial charge in [-0.1, -0.05) is 0 Å². The Hall–Kier alpha value is -1.51. The largest absolute Gasteiger partial charge is 0.399 e. The van der Waals surface area contributed by atoms with Gasteiger partial charge in [0.25, 0.3) is 5.91 Å². The summed E-state index contributed by atoms with van der Waals surface area (Å²) in [5.74, 6) is 0.137. The molecule has 1 amide bonds. The quantitative estimate of drug-likeness (QED) is 0.774. The van der Waals surface area contributed by atoms with Crippen molar-refractivity contribution in [2.45, 2.75) is 52.1 Å². The van der Waals surface area contributed by atoms with Crippen LogP contribution in [0, 0.1) is 6.92 Å². The van der Waals surface area contributed by atoms with E-state index in [1.54, 1.807) is 0 Å². The zero-order valence-corrected chi connectivity index (χ0v) is 11.4. The van der Waals surface area contributed by atoms with E-state index in [4.69, 9.17) is 5.73 Å². The number of piperidine rings is 1. The molecule has 0 unspecified atom stereocenters. The van der Waals surface area contributed by atoms with Crippen LogP contribution in [0.3, 0.4) is 0 Å². The molecule has 98 valence electrons. The summed E-state index contributed by atoms with van der Waals surface area (Å²) in [7, 11) is 0. The third kappa shape index (κ3) is 2.35. The highest BCUT2D eigenvalue weighted by molar-refractivity contribution is 5.95. The molecule has 2 rings (SSSR count). The average Bonchev–Trinajstić information content (AvgIpc) is 2.32. The number of benzene rings is 1. The van der Waals surface area contributed by atoms with Crippen molar-refractivity contribution in [3.63, 3.8) is 0 Å². The summed E-state index contributed by atoms with van der Waals surface area (Å²) in [6.07, 6.45) is 3.42. The standard InChI is InChI=1S/C15H22N2O/c1-10-9-13(7-8-14(10)16)15(18)17-11(2)5-4-6-12(17)3/h7-9,11-12H,4-6,16H2,1-3H3/t11-,12+. The smallest absolute Gasteiger partial charge is 0.254 e. The second kappa shape index (κ2) is 5.01. The molecule has 0 bridgehead atoms. The van der Waals surface area contributed by atoms with Crippen molar-refractivity contribution in [3.8, 4) is 0 Å². The van der Waals surface area contributed by atoms with Gasteiger partial charge >= 0.3 is 0 Å². The molecule has 0 spiro atoms. The number of nitrogens with two attached hydrogens (primary N) is 1. The van der Waals surface area contributed by atoms with E-state index in [0.717, 1.165) is 29.7 Å². The highest BCUT2D eigenvalue weighted by Crippen LogP contribution is 2.25. The fraction of sp³-hybridized carbons (Fsp3) is 0.533. The number of carbonyl (C=O) groups is 1. The fourth-order valence-electron chi connectivity index (χ4n) is 2.78. The molecule has 1 aromatic rings. The maximum absolute atomic E-state index is 12.6. The Kier molecular flexibility index (Phi) is 3.60. The Labute approximate surface area is 109 Å². The van der Waals surface area contributed by atoms with Crippen LogP contribution >= 0.6 is 0 Å². The Morgan fingerprint density at radius 3 is 2.44 bits per heavy atom. The Balaban J connectivity index is 2.26. The molecule has 1 aliphatic heterocycles. The number of rotatable bonds is 1. The van der Waals surface area contributed by atoms with E-state index >= 15 is 0 Å². The van der Waals surface area contributed by atoms with Gasteiger partial charge in [-0.25, -0.2) is 0 Å². The summed E-state index contributed by atoms with van der Waals surface area (Å²) in [5, 5.41) is 0. The van der Waals surface area contributed by atoms with Crippen LogP contribution in [0.25, 0.3) is 0 Å². The molecular formula is C15H22N2O. The van der Waals surface area contributed by atoms with E-state index in [9.17, 15) is 4.79 Å². The zero-order chi connectivity index (χ0) is 13.3. The summed E-state index contributed by atoms with van der Waals surface area (Å²) in [5.41, 5.74) is 8.26. The molecule has 18 heavy (non-hydrogen) atoms. The van der Waals surface area contributed by atoms with Gasteiger partial charge < -0.3 is 10.6 Å². The van der Waals surface area contributed by atoms with Gasteiger partial charge in [-0.2, -0.15) is 0 Å². The topological polar surface area (TPSA) is 46.3 Å². The second-order valence-corrected chi connectivity index (χ2v) is 5.41. The van der Waals surface area contributed by atoms with E-state index in [1.165, 1.54) is 6.42 Å². The number of nitrogens with zero attached hydrogens (tertiary/aromatic N) is 1. The van der Waals surface area contributed by atoms with Crippen molar-refractivity contribution in [1.82, 2.24) is 4.90 Å². The molecule has 0 aromatic heterocycles. The number of hydrogen-bond acceptors (Lipinski definition) is 2. The van der Waals surface area contributed by atoms with Crippen LogP contribution in [0.1, 0.15) is 49.0 Å². The zero-order valence-electron chi connectivity index (χ0n) is 11.4. The maximum atomic E-state index is 12.6. The molecule has 1 fully saturated rings. The molecule has 1 saturated heterocycles. The number of nitrogen functional groups attached to an aromatic ring is 1. The highest BCUT2D eigenvalue weighted by Gasteiger charge is 2.29. The monoisotopic (exact) mass is 246 g/mol. The molecule has 2 atom stereocenters. The van der Waals surface area contributed by atoms with Crippen molar-refractivity contribution in [1.29, 1.82) is 0 Å². The Morgan fingerprint density at radius 1 is 1.28 bits per heavy atom. The van der Waals surface area contributed by atoms with E-state index in [2.05, 4.69) is 13.8 Å². The minimum atomic E-state index is 0.137. The normalized spacial score (nSPS) is 24.1. The van der Waals surface area contributed by atoms with Crippen LogP contribution in [0.4, 0.5) is 5.69 Å². The van der Waals surface area contributed by atoms with Crippen LogP contribution in [-0.4, -0.2) is 22.9 Å². The highest BCUT2D eigenvalue weighted by atomic mass is 16.2. The summed E-state index contributed by atoms with van der Waals surface area (Å²) >= 11 is 0. The van der Waals surface area contributed by atoms with Crippen LogP contribution in [0.2, 0.25) is 0 Å². The first-order valence-corrected chi connectivity index (χ1v) is 6.69. The first-order chi connectivity index (χ1) is 8.50. The van der Waals surface area contributed by atoms with E-state index in [1.807, 2.05) is 30.0 Å². The average molecular weight is 246 g/mol. The van der Waals surface area contributed by atoms with Crippen molar-refractivity contribution >= 4 is 11.6 Å². The van der Waals surface area contributed by atoms with Crippen LogP contribution in [0.15, 0.2) is 18.2 Å². The van der Waals surface area contributed by atoms with Gasteiger partial charge in [0.15, 0.2) is 0 Å². The predicted molar refractivity (Wildman–Crippen MR) is 74.5 cm³/mol. The summed E-state index contributed by atoms with van der Waals surface area (Å²) in [4.78, 5) is 14.6. The lowest BCUT2D eigenvalue weighted by Gasteiger charge is -2.39. The maximum Gasteiger partial charge on any atom is 0.254 e. The van der Waals surface area contributed by atoms with Gasteiger partial charge in [0.1, 0.15) is 0 Å². The molecular weight excluding hydrogens is 224 g/mol. The van der Waals surface area contributed by atoms with Crippen molar-refractivity contribution in [2.75, 3.05) is 5.73 Å². The van der Waals surface area contributed by atoms with Crippen molar-refractivity contribution in [2.24, 2.45) is 0 Å². The number of aryl methyl sites for hydroxylation is 1. The minimum Gasteiger partial charge on any atom is -0.399 e. The first-order valence-electron chi connectivity index (χ1n) is 6.69. The number of carbonyl (C=O) groups excluding carboxylic acids is 1. The number of amides is 1. The summed E-state index contributed by atoms with van der Waals surface area (Å²) < 4.78 is 0. The molecule has 0 radical (unpaired) electrons. The van der Waals surface area contributed by atoms with E-state index < -0.39 is 0 Å². The van der Waals surface area contributed by atoms with Gasteiger partial charge in [-0.05, 0) is 63.8 Å². The molecule has 1 aromatic carbocycles. The van der Waals surface area contributed by atoms with E-state index in [0.29, 0.717) is 12.1 Å². The van der Waals surface area contributed by atoms with Gasteiger partial charge in [-0.3, -0.25) is 4.79 Å². The lowest BCUT2D eigenvalue weighted by Crippen LogP contribution is -2.47. The van der Waals surface area contributed by atoms with Gasteiger partial charge in [-0.15, -0.1) is 0 Å². The SMILES string of the molecule is Cc1cc(C(=O)N2[C@H](C)CCC[C@@H]2C)ccc1N. The minimum absolute atomic E-state index is 0.137. The molecule has 1 aliphatic rings. The number of likely N-dealkylation sites (tertiary alicyclic amines) is 1. The third-order valence-electron chi connectivity index (χ3n) is 3.94. The Bertz CT molecular complexity index is 446. The third-order valence-corrected chi connectivity index (χ3v) is 3.94. The molecule has 0 saturated carbocycles. The van der Waals surface area contributed by atoms with Crippen LogP contribution in [-0.2, 0) is 0 Å². The van der Waals surface area contributed by atoms with Gasteiger partial charge in [0, 0.05) is 23.3 Å². The molecule has 3 heteroatoms. The second-order valence-electron chi connectivity index (χ2n) is 5.41. The predicted octanol–water partition coefficient (Wildman–Crippen LogP) is 2.98. The lowest BCUT2D eigenvalue weighted by molar-refractivity contribution is 0.0510. The number of hydrogen-bond donors (Lipinski definition) is 1. The Morgan fingerprint density at radius 2 is 1.89 bits per heavy atom. The van der Waals surface area contributed by atoms with E-state index in [-0.39, 0.29) is 5.91 Å². The van der Waals surface area contributed by atoms with Crippen LogP contribution in [0.5, 0.6) is 0 Å². The summed E-state index contributed by atoms with van der Waals surface area (Å²) in [6, 6.07) is 6.21.